The van der Waals surface area contributed by atoms with Crippen LogP contribution in [-0.4, -0.2) is 53.4 Å². The molecule has 0 bridgehead atoms. The monoisotopic (exact) mass is 338 g/mol. The van der Waals surface area contributed by atoms with Crippen LogP contribution in [0, 0.1) is 11.3 Å². The van der Waals surface area contributed by atoms with Gasteiger partial charge in [-0.15, -0.1) is 0 Å². The van der Waals surface area contributed by atoms with Gasteiger partial charge in [0.2, 0.25) is 0 Å². The molecule has 1 amide bonds. The Labute approximate surface area is 144 Å². The number of carbonyl (C=O) groups excluding carboxylic acids is 1. The number of rotatable bonds is 3. The molecule has 1 saturated heterocycles. The zero-order chi connectivity index (χ0) is 18.0. The SMILES string of the molecule is CN1CCN(c2nc3ccccn3c(=O)c2C=C(C#N)C(N)=O)CC1. The van der Waals surface area contributed by atoms with Crippen LogP contribution in [0.25, 0.3) is 11.7 Å². The Kier molecular flexibility index (Phi) is 4.50. The Morgan fingerprint density at radius 2 is 2.04 bits per heavy atom. The van der Waals surface area contributed by atoms with Gasteiger partial charge < -0.3 is 15.5 Å². The molecule has 1 aliphatic heterocycles. The van der Waals surface area contributed by atoms with Crippen LogP contribution in [0.5, 0.6) is 0 Å². The van der Waals surface area contributed by atoms with E-state index in [1.165, 1.54) is 10.5 Å². The second kappa shape index (κ2) is 6.75. The van der Waals surface area contributed by atoms with Crippen molar-refractivity contribution >= 4 is 23.4 Å². The summed E-state index contributed by atoms with van der Waals surface area (Å²) in [5, 5.41) is 9.13. The van der Waals surface area contributed by atoms with Gasteiger partial charge in [-0.05, 0) is 25.3 Å². The number of fused-ring (bicyclic) bond motifs is 1. The summed E-state index contributed by atoms with van der Waals surface area (Å²) in [7, 11) is 2.03. The summed E-state index contributed by atoms with van der Waals surface area (Å²) >= 11 is 0. The summed E-state index contributed by atoms with van der Waals surface area (Å²) in [4.78, 5) is 33.1. The van der Waals surface area contributed by atoms with Crippen molar-refractivity contribution in [1.82, 2.24) is 14.3 Å². The van der Waals surface area contributed by atoms with Crippen LogP contribution in [-0.2, 0) is 4.79 Å². The van der Waals surface area contributed by atoms with Crippen LogP contribution >= 0.6 is 0 Å². The third-order valence-corrected chi connectivity index (χ3v) is 4.23. The van der Waals surface area contributed by atoms with E-state index in [9.17, 15) is 9.59 Å². The first-order chi connectivity index (χ1) is 12.0. The molecule has 1 aliphatic rings. The molecule has 1 fully saturated rings. The number of hydrogen-bond donors (Lipinski definition) is 1. The highest BCUT2D eigenvalue weighted by atomic mass is 16.1. The molecule has 0 saturated carbocycles. The van der Waals surface area contributed by atoms with E-state index in [2.05, 4.69) is 9.88 Å². The van der Waals surface area contributed by atoms with Gasteiger partial charge in [0.05, 0.1) is 5.56 Å². The number of primary amides is 1. The summed E-state index contributed by atoms with van der Waals surface area (Å²) in [5.74, 6) is -0.400. The van der Waals surface area contributed by atoms with Crippen LogP contribution in [0.4, 0.5) is 5.82 Å². The third-order valence-electron chi connectivity index (χ3n) is 4.23. The molecule has 3 heterocycles. The molecule has 0 spiro atoms. The van der Waals surface area contributed by atoms with E-state index in [0.29, 0.717) is 24.6 Å². The smallest absolute Gasteiger partial charge is 0.267 e. The number of carbonyl (C=O) groups is 1. The van der Waals surface area contributed by atoms with E-state index in [1.807, 2.05) is 11.9 Å². The third kappa shape index (κ3) is 3.22. The predicted octanol–water partition coefficient (Wildman–Crippen LogP) is -0.161. The molecular formula is C17H18N6O2. The van der Waals surface area contributed by atoms with Crippen molar-refractivity contribution in [2.24, 2.45) is 5.73 Å². The number of likely N-dealkylation sites (N-methyl/N-ethyl adjacent to an activating group) is 1. The molecule has 25 heavy (non-hydrogen) atoms. The van der Waals surface area contributed by atoms with Crippen molar-refractivity contribution in [1.29, 1.82) is 5.26 Å². The number of nitriles is 1. The summed E-state index contributed by atoms with van der Waals surface area (Å²) < 4.78 is 1.39. The van der Waals surface area contributed by atoms with Gasteiger partial charge in [0.1, 0.15) is 23.1 Å². The first-order valence-corrected chi connectivity index (χ1v) is 7.87. The Morgan fingerprint density at radius 3 is 2.68 bits per heavy atom. The van der Waals surface area contributed by atoms with Crippen molar-refractivity contribution in [3.8, 4) is 6.07 Å². The molecule has 8 heteroatoms. The average Bonchev–Trinajstić information content (AvgIpc) is 2.61. The van der Waals surface area contributed by atoms with Gasteiger partial charge in [-0.3, -0.25) is 14.0 Å². The minimum absolute atomic E-state index is 0.198. The van der Waals surface area contributed by atoms with Crippen LogP contribution < -0.4 is 16.2 Å². The number of aromatic nitrogens is 2. The minimum atomic E-state index is -0.871. The minimum Gasteiger partial charge on any atom is -0.365 e. The number of piperazine rings is 1. The number of anilines is 1. The molecule has 2 aromatic rings. The molecule has 3 rings (SSSR count). The van der Waals surface area contributed by atoms with Crippen molar-refractivity contribution in [2.75, 3.05) is 38.1 Å². The fourth-order valence-electron chi connectivity index (χ4n) is 2.78. The summed E-state index contributed by atoms with van der Waals surface area (Å²) in [6.07, 6.45) is 2.84. The van der Waals surface area contributed by atoms with Crippen molar-refractivity contribution < 1.29 is 4.79 Å². The molecule has 2 aromatic heterocycles. The molecule has 0 radical (unpaired) electrons. The van der Waals surface area contributed by atoms with Crippen molar-refractivity contribution in [3.05, 3.63) is 45.9 Å². The van der Waals surface area contributed by atoms with Gasteiger partial charge in [0, 0.05) is 32.4 Å². The number of nitrogens with two attached hydrogens (primary N) is 1. The molecule has 0 aliphatic carbocycles. The maximum Gasteiger partial charge on any atom is 0.267 e. The average molecular weight is 338 g/mol. The first kappa shape index (κ1) is 16.7. The lowest BCUT2D eigenvalue weighted by Crippen LogP contribution is -2.45. The van der Waals surface area contributed by atoms with E-state index >= 15 is 0 Å². The van der Waals surface area contributed by atoms with Crippen LogP contribution in [0.2, 0.25) is 0 Å². The molecular weight excluding hydrogens is 320 g/mol. The Hall–Kier alpha value is -3.18. The predicted molar refractivity (Wildman–Crippen MR) is 94.0 cm³/mol. The van der Waals surface area contributed by atoms with Crippen LogP contribution in [0.1, 0.15) is 5.56 Å². The number of amides is 1. The highest BCUT2D eigenvalue weighted by Crippen LogP contribution is 2.20. The molecule has 0 unspecified atom stereocenters. The lowest BCUT2D eigenvalue weighted by atomic mass is 10.1. The molecule has 0 atom stereocenters. The van der Waals surface area contributed by atoms with Gasteiger partial charge in [-0.1, -0.05) is 6.07 Å². The molecule has 2 N–H and O–H groups in total. The Balaban J connectivity index is 2.23. The topological polar surface area (TPSA) is 108 Å². The van der Waals surface area contributed by atoms with Gasteiger partial charge in [0.25, 0.3) is 11.5 Å². The highest BCUT2D eigenvalue weighted by molar-refractivity contribution is 6.01. The van der Waals surface area contributed by atoms with Gasteiger partial charge in [-0.25, -0.2) is 4.98 Å². The second-order valence-corrected chi connectivity index (χ2v) is 5.91. The van der Waals surface area contributed by atoms with E-state index in [4.69, 9.17) is 11.0 Å². The first-order valence-electron chi connectivity index (χ1n) is 7.87. The number of nitrogens with zero attached hydrogens (tertiary/aromatic N) is 5. The largest absolute Gasteiger partial charge is 0.365 e. The van der Waals surface area contributed by atoms with Gasteiger partial charge >= 0.3 is 0 Å². The summed E-state index contributed by atoms with van der Waals surface area (Å²) in [6.45, 7) is 3.07. The van der Waals surface area contributed by atoms with Crippen LogP contribution in [0.15, 0.2) is 34.8 Å². The molecule has 8 nitrogen and oxygen atoms in total. The zero-order valence-electron chi connectivity index (χ0n) is 13.8. The maximum atomic E-state index is 12.9. The van der Waals surface area contributed by atoms with Crippen molar-refractivity contribution in [2.45, 2.75) is 0 Å². The zero-order valence-corrected chi connectivity index (χ0v) is 13.8. The Bertz CT molecular complexity index is 948. The number of hydrogen-bond acceptors (Lipinski definition) is 6. The van der Waals surface area contributed by atoms with E-state index in [1.54, 1.807) is 30.5 Å². The van der Waals surface area contributed by atoms with Crippen molar-refractivity contribution in [3.63, 3.8) is 0 Å². The fourth-order valence-corrected chi connectivity index (χ4v) is 2.78. The maximum absolute atomic E-state index is 12.9. The summed E-state index contributed by atoms with van der Waals surface area (Å²) in [5.41, 5.74) is 5.32. The highest BCUT2D eigenvalue weighted by Gasteiger charge is 2.21. The van der Waals surface area contributed by atoms with E-state index in [-0.39, 0.29) is 16.7 Å². The van der Waals surface area contributed by atoms with Gasteiger partial charge in [-0.2, -0.15) is 5.26 Å². The quantitative estimate of drug-likeness (QED) is 0.615. The standard InChI is InChI=1S/C17H18N6O2/c1-21-6-8-22(9-7-21)16-13(10-12(11-18)15(19)24)17(25)23-5-3-2-4-14(23)20-16/h2-5,10H,6-9H2,1H3,(H2,19,24). The second-order valence-electron chi connectivity index (χ2n) is 5.91. The number of pyridine rings is 1. The molecule has 128 valence electrons. The lowest BCUT2D eigenvalue weighted by molar-refractivity contribution is -0.114. The van der Waals surface area contributed by atoms with E-state index < -0.39 is 5.91 Å². The van der Waals surface area contributed by atoms with Gasteiger partial charge in [0.15, 0.2) is 0 Å². The lowest BCUT2D eigenvalue weighted by Gasteiger charge is -2.34. The van der Waals surface area contributed by atoms with Crippen LogP contribution in [0.3, 0.4) is 0 Å². The normalized spacial score (nSPS) is 16.0. The Morgan fingerprint density at radius 1 is 1.32 bits per heavy atom. The van der Waals surface area contributed by atoms with E-state index in [0.717, 1.165) is 13.1 Å². The fraction of sp³-hybridized carbons (Fsp3) is 0.294. The summed E-state index contributed by atoms with van der Waals surface area (Å²) in [6, 6.07) is 7.01. The molecule has 0 aromatic carbocycles.